The van der Waals surface area contributed by atoms with Crippen molar-refractivity contribution in [1.82, 2.24) is 10.2 Å². The van der Waals surface area contributed by atoms with Gasteiger partial charge in [0, 0.05) is 44.5 Å². The molecule has 1 fully saturated rings. The normalized spacial score (nSPS) is 14.8. The summed E-state index contributed by atoms with van der Waals surface area (Å²) in [7, 11) is 1.69. The van der Waals surface area contributed by atoms with Crippen LogP contribution in [0.4, 0.5) is 5.69 Å². The van der Waals surface area contributed by atoms with Crippen molar-refractivity contribution in [3.05, 3.63) is 59.7 Å². The van der Waals surface area contributed by atoms with Gasteiger partial charge in [0.2, 0.25) is 5.91 Å². The first-order chi connectivity index (χ1) is 13.2. The zero-order valence-corrected chi connectivity index (χ0v) is 16.3. The molecule has 5 nitrogen and oxygen atoms in total. The van der Waals surface area contributed by atoms with Gasteiger partial charge in [-0.25, -0.2) is 0 Å². The quantitative estimate of drug-likeness (QED) is 0.817. The van der Waals surface area contributed by atoms with Gasteiger partial charge in [0.25, 0.3) is 0 Å². The number of ether oxygens (including phenoxy) is 1. The van der Waals surface area contributed by atoms with Gasteiger partial charge in [0.1, 0.15) is 5.75 Å². The number of carbonyl (C=O) groups excluding carboxylic acids is 1. The number of benzene rings is 2. The van der Waals surface area contributed by atoms with Crippen LogP contribution in [0.25, 0.3) is 0 Å². The van der Waals surface area contributed by atoms with Crippen molar-refractivity contribution in [3.63, 3.8) is 0 Å². The average molecular weight is 367 g/mol. The Labute approximate surface area is 161 Å². The van der Waals surface area contributed by atoms with Gasteiger partial charge in [-0.3, -0.25) is 9.69 Å². The second-order valence-corrected chi connectivity index (χ2v) is 6.99. The number of piperazine rings is 1. The van der Waals surface area contributed by atoms with Crippen LogP contribution < -0.4 is 15.0 Å². The monoisotopic (exact) mass is 367 g/mol. The van der Waals surface area contributed by atoms with Crippen LogP contribution in [0.3, 0.4) is 0 Å². The van der Waals surface area contributed by atoms with E-state index < -0.39 is 0 Å². The fraction of sp³-hybridized carbons (Fsp3) is 0.409. The van der Waals surface area contributed by atoms with Crippen molar-refractivity contribution in [1.29, 1.82) is 0 Å². The summed E-state index contributed by atoms with van der Waals surface area (Å²) in [6, 6.07) is 16.5. The molecule has 1 amide bonds. The topological polar surface area (TPSA) is 44.8 Å². The first-order valence-electron chi connectivity index (χ1n) is 9.58. The highest BCUT2D eigenvalue weighted by atomic mass is 16.5. The maximum Gasteiger partial charge on any atom is 0.234 e. The summed E-state index contributed by atoms with van der Waals surface area (Å²) >= 11 is 0. The number of carbonyl (C=O) groups is 1. The van der Waals surface area contributed by atoms with Crippen LogP contribution in [0, 0.1) is 6.92 Å². The van der Waals surface area contributed by atoms with Crippen LogP contribution in [-0.4, -0.2) is 57.2 Å². The van der Waals surface area contributed by atoms with E-state index in [1.54, 1.807) is 7.11 Å². The van der Waals surface area contributed by atoms with Crippen molar-refractivity contribution in [2.75, 3.05) is 51.3 Å². The Bertz CT molecular complexity index is 755. The minimum absolute atomic E-state index is 0.110. The predicted molar refractivity (Wildman–Crippen MR) is 110 cm³/mol. The van der Waals surface area contributed by atoms with E-state index >= 15 is 0 Å². The molecule has 1 heterocycles. The van der Waals surface area contributed by atoms with Crippen LogP contribution in [-0.2, 0) is 11.2 Å². The van der Waals surface area contributed by atoms with Crippen molar-refractivity contribution in [2.24, 2.45) is 0 Å². The summed E-state index contributed by atoms with van der Waals surface area (Å²) in [6.45, 7) is 6.89. The van der Waals surface area contributed by atoms with Crippen molar-refractivity contribution in [2.45, 2.75) is 13.3 Å². The molecular weight excluding hydrogens is 338 g/mol. The minimum atomic E-state index is 0.110. The third kappa shape index (κ3) is 5.47. The molecule has 1 aliphatic heterocycles. The van der Waals surface area contributed by atoms with Gasteiger partial charge in [0.05, 0.1) is 13.7 Å². The van der Waals surface area contributed by atoms with Crippen LogP contribution >= 0.6 is 0 Å². The second kappa shape index (κ2) is 9.42. The number of amides is 1. The fourth-order valence-corrected chi connectivity index (χ4v) is 3.46. The minimum Gasteiger partial charge on any atom is -0.497 e. The Morgan fingerprint density at radius 3 is 2.59 bits per heavy atom. The van der Waals surface area contributed by atoms with E-state index in [2.05, 4.69) is 46.3 Å². The van der Waals surface area contributed by atoms with Crippen molar-refractivity contribution < 1.29 is 9.53 Å². The molecule has 0 spiro atoms. The molecule has 0 saturated carbocycles. The van der Waals surface area contributed by atoms with Crippen LogP contribution in [0.15, 0.2) is 48.5 Å². The molecule has 1 aliphatic rings. The zero-order valence-electron chi connectivity index (χ0n) is 16.3. The van der Waals surface area contributed by atoms with E-state index in [4.69, 9.17) is 4.74 Å². The Morgan fingerprint density at radius 1 is 1.07 bits per heavy atom. The second-order valence-electron chi connectivity index (χ2n) is 6.99. The van der Waals surface area contributed by atoms with Crippen LogP contribution in [0.1, 0.15) is 11.1 Å². The highest BCUT2D eigenvalue weighted by Crippen LogP contribution is 2.22. The summed E-state index contributed by atoms with van der Waals surface area (Å²) in [4.78, 5) is 16.8. The van der Waals surface area contributed by atoms with Crippen LogP contribution in [0.5, 0.6) is 5.75 Å². The predicted octanol–water partition coefficient (Wildman–Crippen LogP) is 2.48. The Morgan fingerprint density at radius 2 is 1.85 bits per heavy atom. The molecule has 144 valence electrons. The lowest BCUT2D eigenvalue weighted by Crippen LogP contribution is -2.49. The Balaban J connectivity index is 1.39. The lowest BCUT2D eigenvalue weighted by molar-refractivity contribution is -0.122. The summed E-state index contributed by atoms with van der Waals surface area (Å²) < 4.78 is 5.31. The number of hydrogen-bond acceptors (Lipinski definition) is 4. The number of hydrogen-bond donors (Lipinski definition) is 1. The number of anilines is 1. The maximum absolute atomic E-state index is 12.2. The highest BCUT2D eigenvalue weighted by molar-refractivity contribution is 5.78. The van der Waals surface area contributed by atoms with Crippen molar-refractivity contribution >= 4 is 11.6 Å². The van der Waals surface area contributed by atoms with E-state index in [9.17, 15) is 4.79 Å². The lowest BCUT2D eigenvalue weighted by Gasteiger charge is -2.35. The molecule has 2 aromatic rings. The van der Waals surface area contributed by atoms with E-state index in [1.807, 2.05) is 24.3 Å². The number of aryl methyl sites for hydroxylation is 1. The fourth-order valence-electron chi connectivity index (χ4n) is 3.46. The third-order valence-corrected chi connectivity index (χ3v) is 5.14. The third-order valence-electron chi connectivity index (χ3n) is 5.14. The van der Waals surface area contributed by atoms with Gasteiger partial charge in [-0.15, -0.1) is 0 Å². The van der Waals surface area contributed by atoms with Gasteiger partial charge >= 0.3 is 0 Å². The molecule has 27 heavy (non-hydrogen) atoms. The molecule has 2 aromatic carbocycles. The van der Waals surface area contributed by atoms with Gasteiger partial charge in [0.15, 0.2) is 0 Å². The maximum atomic E-state index is 12.2. The Kier molecular flexibility index (Phi) is 6.71. The molecule has 0 bridgehead atoms. The van der Waals surface area contributed by atoms with Crippen molar-refractivity contribution in [3.8, 4) is 5.75 Å². The van der Waals surface area contributed by atoms with E-state index in [0.29, 0.717) is 13.1 Å². The van der Waals surface area contributed by atoms with Gasteiger partial charge in [-0.1, -0.05) is 30.3 Å². The van der Waals surface area contributed by atoms with Crippen LogP contribution in [0.2, 0.25) is 0 Å². The molecule has 0 aromatic heterocycles. The first-order valence-corrected chi connectivity index (χ1v) is 9.58. The molecule has 0 atom stereocenters. The summed E-state index contributed by atoms with van der Waals surface area (Å²) in [5.41, 5.74) is 3.75. The van der Waals surface area contributed by atoms with Gasteiger partial charge in [-0.05, 0) is 36.6 Å². The van der Waals surface area contributed by atoms with Gasteiger partial charge in [-0.2, -0.15) is 0 Å². The average Bonchev–Trinajstić information content (AvgIpc) is 2.70. The standard InChI is InChI=1S/C22H29N3O2/c1-18-6-3-4-7-19(18)10-11-23-22(26)17-24-12-14-25(15-13-24)20-8-5-9-21(16-20)27-2/h3-9,16H,10-15,17H2,1-2H3,(H,23,26). The Hall–Kier alpha value is -2.53. The zero-order chi connectivity index (χ0) is 19.1. The van der Waals surface area contributed by atoms with E-state index in [-0.39, 0.29) is 5.91 Å². The molecular formula is C22H29N3O2. The molecule has 0 aliphatic carbocycles. The number of nitrogens with one attached hydrogen (secondary N) is 1. The highest BCUT2D eigenvalue weighted by Gasteiger charge is 2.19. The molecule has 1 saturated heterocycles. The van der Waals surface area contributed by atoms with Gasteiger partial charge < -0.3 is 15.0 Å². The number of rotatable bonds is 7. The molecule has 0 radical (unpaired) electrons. The largest absolute Gasteiger partial charge is 0.497 e. The van der Waals surface area contributed by atoms with E-state index in [0.717, 1.165) is 38.3 Å². The first kappa shape index (κ1) is 19.2. The van der Waals surface area contributed by atoms with E-state index in [1.165, 1.54) is 16.8 Å². The number of methoxy groups -OCH3 is 1. The lowest BCUT2D eigenvalue weighted by atomic mass is 10.1. The smallest absolute Gasteiger partial charge is 0.234 e. The summed E-state index contributed by atoms with van der Waals surface area (Å²) in [6.07, 6.45) is 0.877. The molecule has 3 rings (SSSR count). The summed E-state index contributed by atoms with van der Waals surface area (Å²) in [5.74, 6) is 0.987. The molecule has 1 N–H and O–H groups in total. The molecule has 5 heteroatoms. The SMILES string of the molecule is COc1cccc(N2CCN(CC(=O)NCCc3ccccc3C)CC2)c1. The number of nitrogens with zero attached hydrogens (tertiary/aromatic N) is 2. The summed E-state index contributed by atoms with van der Waals surface area (Å²) in [5, 5.41) is 3.05. The molecule has 0 unspecified atom stereocenters.